The van der Waals surface area contributed by atoms with Gasteiger partial charge in [-0.1, -0.05) is 31.5 Å². The van der Waals surface area contributed by atoms with Crippen LogP contribution < -0.4 is 4.90 Å². The summed E-state index contributed by atoms with van der Waals surface area (Å²) in [6.07, 6.45) is 8.31. The third-order valence-corrected chi connectivity index (χ3v) is 9.60. The Morgan fingerprint density at radius 1 is 1.00 bits per heavy atom. The van der Waals surface area contributed by atoms with Crippen LogP contribution in [0.25, 0.3) is 0 Å². The van der Waals surface area contributed by atoms with Crippen molar-refractivity contribution in [3.05, 3.63) is 29.8 Å². The van der Waals surface area contributed by atoms with Gasteiger partial charge >= 0.3 is 0 Å². The number of hydrogen-bond acceptors (Lipinski definition) is 4. The molecule has 1 aromatic carbocycles. The van der Waals surface area contributed by atoms with Crippen molar-refractivity contribution in [1.29, 1.82) is 0 Å². The predicted octanol–water partition coefficient (Wildman–Crippen LogP) is 3.57. The Morgan fingerprint density at radius 2 is 1.69 bits per heavy atom. The smallest absolute Gasteiger partial charge is 0.214 e. The van der Waals surface area contributed by atoms with Crippen molar-refractivity contribution < 1.29 is 13.5 Å². The number of anilines is 1. The molecule has 1 spiro atoms. The largest absolute Gasteiger partial charge is 0.388 e. The number of nitrogens with zero attached hydrogens (tertiary/aromatic N) is 2. The first kappa shape index (κ1) is 21.1. The Labute approximate surface area is 176 Å². The summed E-state index contributed by atoms with van der Waals surface area (Å²) in [6.45, 7) is 5.06. The maximum Gasteiger partial charge on any atom is 0.214 e. The normalized spacial score (nSPS) is 24.0. The first-order valence-electron chi connectivity index (χ1n) is 11.4. The molecule has 162 valence electrons. The standard InChI is InChI=1S/C23H36N2O3S/c1-2-3-18-29(27,28)25-16-13-22(14-17-25)9-11-23(26,12-10-22)19-24-15-8-20-6-4-5-7-21(20)24/h4-7,26H,2-3,8-19H2,1H3. The highest BCUT2D eigenvalue weighted by Crippen LogP contribution is 2.48. The average molecular weight is 421 g/mol. The zero-order valence-electron chi connectivity index (χ0n) is 17.8. The molecule has 0 aromatic heterocycles. The summed E-state index contributed by atoms with van der Waals surface area (Å²) in [4.78, 5) is 2.36. The van der Waals surface area contributed by atoms with Crippen molar-refractivity contribution in [2.24, 2.45) is 5.41 Å². The van der Waals surface area contributed by atoms with Crippen molar-refractivity contribution in [3.8, 4) is 0 Å². The number of fused-ring (bicyclic) bond motifs is 1. The fourth-order valence-electron chi connectivity index (χ4n) is 5.52. The van der Waals surface area contributed by atoms with Crippen LogP contribution in [0.4, 0.5) is 5.69 Å². The Balaban J connectivity index is 1.32. The molecular weight excluding hydrogens is 384 g/mol. The van der Waals surface area contributed by atoms with Crippen molar-refractivity contribution >= 4 is 15.7 Å². The van der Waals surface area contributed by atoms with E-state index in [1.54, 1.807) is 4.31 Å². The molecule has 2 fully saturated rings. The van der Waals surface area contributed by atoms with Gasteiger partial charge < -0.3 is 10.0 Å². The van der Waals surface area contributed by atoms with E-state index in [4.69, 9.17) is 0 Å². The van der Waals surface area contributed by atoms with Gasteiger partial charge in [-0.15, -0.1) is 0 Å². The SMILES string of the molecule is CCCCS(=O)(=O)N1CCC2(CC1)CCC(O)(CN1CCc3ccccc31)CC2. The Morgan fingerprint density at radius 3 is 2.38 bits per heavy atom. The quantitative estimate of drug-likeness (QED) is 0.764. The van der Waals surface area contributed by atoms with Gasteiger partial charge in [0.1, 0.15) is 0 Å². The minimum Gasteiger partial charge on any atom is -0.388 e. The molecule has 0 atom stereocenters. The fourth-order valence-corrected chi connectivity index (χ4v) is 7.18. The number of β-amino-alcohol motifs (C(OH)–C–C–N with tert-alkyl or cyclic N) is 1. The Kier molecular flexibility index (Phi) is 5.97. The zero-order chi connectivity index (χ0) is 20.5. The molecule has 1 aliphatic carbocycles. The number of benzene rings is 1. The summed E-state index contributed by atoms with van der Waals surface area (Å²) in [5, 5.41) is 11.3. The Hall–Kier alpha value is -1.11. The van der Waals surface area contributed by atoms with E-state index >= 15 is 0 Å². The van der Waals surface area contributed by atoms with E-state index in [2.05, 4.69) is 29.2 Å². The molecule has 2 aliphatic heterocycles. The molecule has 3 aliphatic rings. The summed E-state index contributed by atoms with van der Waals surface area (Å²) in [5.41, 5.74) is 2.28. The molecule has 1 aromatic rings. The van der Waals surface area contributed by atoms with Crippen LogP contribution in [0.15, 0.2) is 24.3 Å². The highest BCUT2D eigenvalue weighted by atomic mass is 32.2. The summed E-state index contributed by atoms with van der Waals surface area (Å²) < 4.78 is 26.7. The highest BCUT2D eigenvalue weighted by molar-refractivity contribution is 7.89. The van der Waals surface area contributed by atoms with E-state index in [9.17, 15) is 13.5 Å². The van der Waals surface area contributed by atoms with E-state index in [0.29, 0.717) is 13.1 Å². The molecule has 0 radical (unpaired) electrons. The summed E-state index contributed by atoms with van der Waals surface area (Å²) in [5.74, 6) is 0.285. The molecule has 1 N–H and O–H groups in total. The van der Waals surface area contributed by atoms with Gasteiger partial charge in [-0.05, 0) is 68.4 Å². The lowest BCUT2D eigenvalue weighted by molar-refractivity contribution is -0.0410. The Bertz CT molecular complexity index is 805. The predicted molar refractivity (Wildman–Crippen MR) is 118 cm³/mol. The molecule has 5 nitrogen and oxygen atoms in total. The average Bonchev–Trinajstić information content (AvgIpc) is 3.12. The minimum absolute atomic E-state index is 0.228. The summed E-state index contributed by atoms with van der Waals surface area (Å²) in [6, 6.07) is 8.54. The monoisotopic (exact) mass is 420 g/mol. The van der Waals surface area contributed by atoms with E-state index in [1.165, 1.54) is 11.3 Å². The van der Waals surface area contributed by atoms with Crippen LogP contribution in [0, 0.1) is 5.41 Å². The molecule has 0 amide bonds. The number of sulfonamides is 1. The topological polar surface area (TPSA) is 60.9 Å². The lowest BCUT2D eigenvalue weighted by atomic mass is 9.64. The first-order chi connectivity index (χ1) is 13.8. The number of aliphatic hydroxyl groups is 1. The van der Waals surface area contributed by atoms with E-state index < -0.39 is 15.6 Å². The van der Waals surface area contributed by atoms with Gasteiger partial charge in [0, 0.05) is 31.9 Å². The zero-order valence-corrected chi connectivity index (χ0v) is 18.6. The highest BCUT2D eigenvalue weighted by Gasteiger charge is 2.45. The number of hydrogen-bond donors (Lipinski definition) is 1. The molecule has 29 heavy (non-hydrogen) atoms. The minimum atomic E-state index is -3.09. The van der Waals surface area contributed by atoms with Crippen LogP contribution in [0.3, 0.4) is 0 Å². The third kappa shape index (κ3) is 4.49. The number of para-hydroxylation sites is 1. The van der Waals surface area contributed by atoms with Crippen LogP contribution in [0.1, 0.15) is 63.9 Å². The van der Waals surface area contributed by atoms with E-state index in [-0.39, 0.29) is 11.2 Å². The van der Waals surface area contributed by atoms with E-state index in [0.717, 1.165) is 70.9 Å². The summed E-state index contributed by atoms with van der Waals surface area (Å²) in [7, 11) is -3.09. The van der Waals surface area contributed by atoms with Gasteiger partial charge in [0.15, 0.2) is 0 Å². The van der Waals surface area contributed by atoms with Crippen LogP contribution >= 0.6 is 0 Å². The number of rotatable bonds is 6. The maximum absolute atomic E-state index is 12.5. The lowest BCUT2D eigenvalue weighted by Gasteiger charge is -2.48. The van der Waals surface area contributed by atoms with Gasteiger partial charge in [-0.3, -0.25) is 0 Å². The van der Waals surface area contributed by atoms with E-state index in [1.807, 2.05) is 6.92 Å². The lowest BCUT2D eigenvalue weighted by Crippen LogP contribution is -2.50. The molecule has 6 heteroatoms. The molecule has 1 saturated heterocycles. The van der Waals surface area contributed by atoms with Crippen molar-refractivity contribution in [1.82, 2.24) is 4.31 Å². The van der Waals surface area contributed by atoms with Gasteiger partial charge in [0.05, 0.1) is 11.4 Å². The maximum atomic E-state index is 12.5. The molecule has 0 unspecified atom stereocenters. The number of unbranched alkanes of at least 4 members (excludes halogenated alkanes) is 1. The van der Waals surface area contributed by atoms with Gasteiger partial charge in [-0.25, -0.2) is 12.7 Å². The van der Waals surface area contributed by atoms with Gasteiger partial charge in [-0.2, -0.15) is 0 Å². The molecule has 4 rings (SSSR count). The third-order valence-electron chi connectivity index (χ3n) is 7.64. The van der Waals surface area contributed by atoms with Gasteiger partial charge in [0.25, 0.3) is 0 Å². The number of piperidine rings is 1. The van der Waals surface area contributed by atoms with Gasteiger partial charge in [0.2, 0.25) is 10.0 Å². The van der Waals surface area contributed by atoms with Crippen LogP contribution in [0.2, 0.25) is 0 Å². The molecule has 1 saturated carbocycles. The van der Waals surface area contributed by atoms with Crippen LogP contribution in [-0.4, -0.2) is 55.4 Å². The van der Waals surface area contributed by atoms with Crippen molar-refractivity contribution in [2.75, 3.05) is 36.8 Å². The van der Waals surface area contributed by atoms with Crippen molar-refractivity contribution in [3.63, 3.8) is 0 Å². The second-order valence-corrected chi connectivity index (χ2v) is 11.7. The van der Waals surface area contributed by atoms with Crippen molar-refractivity contribution in [2.45, 2.75) is 70.3 Å². The second kappa shape index (κ2) is 8.20. The van der Waals surface area contributed by atoms with Crippen LogP contribution in [-0.2, 0) is 16.4 Å². The molecule has 0 bridgehead atoms. The molecule has 2 heterocycles. The fraction of sp³-hybridized carbons (Fsp3) is 0.739. The second-order valence-electron chi connectivity index (χ2n) is 9.59. The molecular formula is C23H36N2O3S. The first-order valence-corrected chi connectivity index (χ1v) is 13.0. The summed E-state index contributed by atoms with van der Waals surface area (Å²) >= 11 is 0. The van der Waals surface area contributed by atoms with Crippen LogP contribution in [0.5, 0.6) is 0 Å².